The van der Waals surface area contributed by atoms with Gasteiger partial charge in [-0.2, -0.15) is 0 Å². The molecule has 178 valence electrons. The van der Waals surface area contributed by atoms with Crippen molar-refractivity contribution in [3.8, 4) is 0 Å². The lowest BCUT2D eigenvalue weighted by atomic mass is 9.92. The highest BCUT2D eigenvalue weighted by Crippen LogP contribution is 2.41. The molecule has 7 nitrogen and oxygen atoms in total. The van der Waals surface area contributed by atoms with Gasteiger partial charge in [0.25, 0.3) is 5.91 Å². The molecule has 7 heteroatoms. The van der Waals surface area contributed by atoms with Crippen LogP contribution in [0.2, 0.25) is 0 Å². The van der Waals surface area contributed by atoms with Gasteiger partial charge in [-0.15, -0.1) is 0 Å². The molecule has 2 unspecified atom stereocenters. The summed E-state index contributed by atoms with van der Waals surface area (Å²) in [6.45, 7) is 4.33. The Kier molecular flexibility index (Phi) is 6.13. The van der Waals surface area contributed by atoms with Crippen molar-refractivity contribution in [1.29, 1.82) is 0 Å². The van der Waals surface area contributed by atoms with Crippen LogP contribution in [0.4, 0.5) is 4.79 Å². The van der Waals surface area contributed by atoms with Gasteiger partial charge in [0.1, 0.15) is 12.1 Å². The highest BCUT2D eigenvalue weighted by Gasteiger charge is 2.55. The van der Waals surface area contributed by atoms with Gasteiger partial charge in [0, 0.05) is 19.1 Å². The molecule has 4 amide bonds. The highest BCUT2D eigenvalue weighted by molar-refractivity contribution is 6.09. The minimum atomic E-state index is -1.04. The molecular formula is C27H32N4O3. The van der Waals surface area contributed by atoms with E-state index in [2.05, 4.69) is 28.5 Å². The quantitative estimate of drug-likeness (QED) is 0.649. The number of fused-ring (bicyclic) bond motifs is 2. The molecule has 2 aromatic carbocycles. The van der Waals surface area contributed by atoms with Crippen LogP contribution in [0.25, 0.3) is 0 Å². The Morgan fingerprint density at radius 1 is 1.09 bits per heavy atom. The molecule has 3 aliphatic rings. The van der Waals surface area contributed by atoms with Crippen molar-refractivity contribution in [1.82, 2.24) is 20.4 Å². The van der Waals surface area contributed by atoms with E-state index < -0.39 is 11.6 Å². The highest BCUT2D eigenvalue weighted by atomic mass is 16.2. The van der Waals surface area contributed by atoms with Crippen LogP contribution in [0.3, 0.4) is 0 Å². The summed E-state index contributed by atoms with van der Waals surface area (Å²) in [6.07, 6.45) is 4.98. The van der Waals surface area contributed by atoms with E-state index in [1.807, 2.05) is 42.5 Å². The minimum absolute atomic E-state index is 0.278. The summed E-state index contributed by atoms with van der Waals surface area (Å²) in [5.74, 6) is -0.676. The van der Waals surface area contributed by atoms with Crippen LogP contribution >= 0.6 is 0 Å². The number of aryl methyl sites for hydroxylation is 1. The van der Waals surface area contributed by atoms with Crippen molar-refractivity contribution in [2.45, 2.75) is 63.7 Å². The lowest BCUT2D eigenvalue weighted by molar-refractivity contribution is -0.135. The molecule has 34 heavy (non-hydrogen) atoms. The summed E-state index contributed by atoms with van der Waals surface area (Å²) >= 11 is 0. The van der Waals surface area contributed by atoms with Crippen molar-refractivity contribution in [2.75, 3.05) is 13.1 Å². The molecular weight excluding hydrogens is 428 g/mol. The molecule has 2 aromatic rings. The van der Waals surface area contributed by atoms with Crippen molar-refractivity contribution >= 4 is 17.8 Å². The fraction of sp³-hybridized carbons (Fsp3) is 0.444. The number of likely N-dealkylation sites (tertiary alicyclic amines) is 1. The molecule has 2 saturated heterocycles. The molecule has 0 radical (unpaired) electrons. The maximum Gasteiger partial charge on any atom is 0.325 e. The molecule has 2 atom stereocenters. The molecule has 1 aliphatic carbocycles. The summed E-state index contributed by atoms with van der Waals surface area (Å²) in [5.41, 5.74) is 3.14. The largest absolute Gasteiger partial charge is 0.350 e. The van der Waals surface area contributed by atoms with Crippen LogP contribution < -0.4 is 10.6 Å². The number of hydrogen-bond donors (Lipinski definition) is 2. The number of nitrogens with one attached hydrogen (secondary N) is 2. The van der Waals surface area contributed by atoms with Gasteiger partial charge in [-0.25, -0.2) is 4.79 Å². The Morgan fingerprint density at radius 3 is 2.68 bits per heavy atom. The summed E-state index contributed by atoms with van der Waals surface area (Å²) in [4.78, 5) is 42.3. The number of nitrogens with zero attached hydrogens (tertiary/aromatic N) is 2. The topological polar surface area (TPSA) is 81.8 Å². The van der Waals surface area contributed by atoms with E-state index in [0.717, 1.165) is 41.1 Å². The van der Waals surface area contributed by atoms with Gasteiger partial charge in [0.2, 0.25) is 5.91 Å². The number of amides is 4. The average Bonchev–Trinajstić information content (AvgIpc) is 3.33. The van der Waals surface area contributed by atoms with E-state index in [-0.39, 0.29) is 18.4 Å². The average molecular weight is 461 g/mol. The summed E-state index contributed by atoms with van der Waals surface area (Å²) in [7, 11) is 0. The first-order valence-corrected chi connectivity index (χ1v) is 12.3. The van der Waals surface area contributed by atoms with Crippen LogP contribution in [-0.2, 0) is 34.6 Å². The minimum Gasteiger partial charge on any atom is -0.350 e. The number of piperidine rings is 1. The fourth-order valence-electron chi connectivity index (χ4n) is 5.62. The number of imide groups is 1. The van der Waals surface area contributed by atoms with Gasteiger partial charge < -0.3 is 10.6 Å². The number of urea groups is 1. The van der Waals surface area contributed by atoms with Crippen LogP contribution in [0.1, 0.15) is 54.9 Å². The van der Waals surface area contributed by atoms with Gasteiger partial charge >= 0.3 is 6.03 Å². The number of rotatable bonds is 6. The third-order valence-electron chi connectivity index (χ3n) is 7.63. The maximum absolute atomic E-state index is 13.3. The zero-order valence-corrected chi connectivity index (χ0v) is 19.7. The Bertz CT molecular complexity index is 1120. The first-order chi connectivity index (χ1) is 16.5. The van der Waals surface area contributed by atoms with Crippen LogP contribution in [0, 0.1) is 0 Å². The monoisotopic (exact) mass is 460 g/mol. The molecule has 0 aromatic heterocycles. The molecule has 2 N–H and O–H groups in total. The fourth-order valence-corrected chi connectivity index (χ4v) is 5.62. The lowest BCUT2D eigenvalue weighted by Gasteiger charge is -2.33. The summed E-state index contributed by atoms with van der Waals surface area (Å²) in [5, 5.41) is 5.80. The van der Waals surface area contributed by atoms with Crippen LogP contribution in [0.15, 0.2) is 48.5 Å². The number of benzene rings is 2. The summed E-state index contributed by atoms with van der Waals surface area (Å²) in [6, 6.07) is 15.9. The predicted octanol–water partition coefficient (Wildman–Crippen LogP) is 3.07. The Morgan fingerprint density at radius 2 is 1.85 bits per heavy atom. The van der Waals surface area contributed by atoms with Crippen LogP contribution in [0.5, 0.6) is 0 Å². The zero-order valence-electron chi connectivity index (χ0n) is 19.7. The van der Waals surface area contributed by atoms with Gasteiger partial charge in [-0.3, -0.25) is 19.4 Å². The van der Waals surface area contributed by atoms with E-state index >= 15 is 0 Å². The third-order valence-corrected chi connectivity index (χ3v) is 7.63. The van der Waals surface area contributed by atoms with Crippen molar-refractivity contribution in [2.24, 2.45) is 0 Å². The van der Waals surface area contributed by atoms with Crippen molar-refractivity contribution < 1.29 is 14.4 Å². The van der Waals surface area contributed by atoms with E-state index in [1.54, 1.807) is 0 Å². The first kappa shape index (κ1) is 22.6. The van der Waals surface area contributed by atoms with Gasteiger partial charge in [-0.05, 0) is 61.4 Å². The van der Waals surface area contributed by atoms with E-state index in [4.69, 9.17) is 0 Å². The molecule has 5 rings (SSSR count). The van der Waals surface area contributed by atoms with Crippen molar-refractivity contribution in [3.63, 3.8) is 0 Å². The second-order valence-electron chi connectivity index (χ2n) is 9.74. The standard InChI is InChI=1S/C27H32N4O3/c1-19-8-6-7-15-30(19)17-22-11-3-2-10-21(22)16-28-24(32)18-31-25(33)27(29-26(31)34)14-13-20-9-4-5-12-23(20)27/h2-5,9-12,19H,6-8,13-18H2,1H3,(H,28,32)(H,29,34). The smallest absolute Gasteiger partial charge is 0.325 e. The maximum atomic E-state index is 13.3. The van der Waals surface area contributed by atoms with E-state index in [9.17, 15) is 14.4 Å². The zero-order chi connectivity index (χ0) is 23.7. The number of carbonyl (C=O) groups is 3. The van der Waals surface area contributed by atoms with E-state index in [1.165, 1.54) is 24.8 Å². The molecule has 2 heterocycles. The second-order valence-corrected chi connectivity index (χ2v) is 9.74. The molecule has 1 spiro atoms. The Balaban J connectivity index is 1.22. The number of hydrogen-bond acceptors (Lipinski definition) is 4. The SMILES string of the molecule is CC1CCCCN1Cc1ccccc1CNC(=O)CN1C(=O)NC2(CCc3ccccc32)C1=O. The molecule has 2 fully saturated rings. The predicted molar refractivity (Wildman–Crippen MR) is 129 cm³/mol. The summed E-state index contributed by atoms with van der Waals surface area (Å²) < 4.78 is 0. The molecule has 2 aliphatic heterocycles. The Hall–Kier alpha value is -3.19. The first-order valence-electron chi connectivity index (χ1n) is 12.3. The molecule has 0 saturated carbocycles. The molecule has 0 bridgehead atoms. The van der Waals surface area contributed by atoms with E-state index in [0.29, 0.717) is 19.0 Å². The van der Waals surface area contributed by atoms with Crippen molar-refractivity contribution in [3.05, 3.63) is 70.8 Å². The number of carbonyl (C=O) groups excluding carboxylic acids is 3. The van der Waals surface area contributed by atoms with Gasteiger partial charge in [-0.1, -0.05) is 55.0 Å². The van der Waals surface area contributed by atoms with Gasteiger partial charge in [0.15, 0.2) is 0 Å². The third kappa shape index (κ3) is 4.09. The second kappa shape index (κ2) is 9.22. The van der Waals surface area contributed by atoms with Crippen LogP contribution in [-0.4, -0.2) is 46.8 Å². The normalized spacial score (nSPS) is 24.4. The lowest BCUT2D eigenvalue weighted by Crippen LogP contribution is -2.43. The Labute approximate surface area is 200 Å². The van der Waals surface area contributed by atoms with Gasteiger partial charge in [0.05, 0.1) is 0 Å².